The fourth-order valence-electron chi connectivity index (χ4n) is 1.41. The second kappa shape index (κ2) is 6.36. The Balaban J connectivity index is 4.49. The van der Waals surface area contributed by atoms with Gasteiger partial charge in [-0.25, -0.2) is 0 Å². The summed E-state index contributed by atoms with van der Waals surface area (Å²) in [6.07, 6.45) is 2.02. The zero-order chi connectivity index (χ0) is 11.4. The van der Waals surface area contributed by atoms with Crippen LogP contribution in [0.2, 0.25) is 17.3 Å². The molecule has 0 aliphatic heterocycles. The number of hydrogen-bond acceptors (Lipinski definition) is 0. The van der Waals surface area contributed by atoms with Crippen LogP contribution >= 0.6 is 44.3 Å². The van der Waals surface area contributed by atoms with Crippen LogP contribution in [0.15, 0.2) is 0 Å². The van der Waals surface area contributed by atoms with Crippen LogP contribution in [0.25, 0.3) is 0 Å². The van der Waals surface area contributed by atoms with Crippen molar-refractivity contribution < 1.29 is 0 Å². The lowest BCUT2D eigenvalue weighted by Gasteiger charge is -2.31. The summed E-state index contributed by atoms with van der Waals surface area (Å²) >= 11 is 25.5. The first-order valence-corrected chi connectivity index (χ1v) is 13.6. The molecule has 86 valence electrons. The molecule has 0 rings (SSSR count). The van der Waals surface area contributed by atoms with E-state index in [-0.39, 0.29) is 5.16 Å². The summed E-state index contributed by atoms with van der Waals surface area (Å²) in [6, 6.07) is 1.77. The monoisotopic (exact) mass is 310 g/mol. The Morgan fingerprint density at radius 2 is 1.14 bits per heavy atom. The van der Waals surface area contributed by atoms with Crippen LogP contribution in [0.1, 0.15) is 33.6 Å². The Kier molecular flexibility index (Phi) is 7.08. The van der Waals surface area contributed by atoms with Crippen molar-refractivity contribution in [2.45, 2.75) is 50.9 Å². The average molecular weight is 312 g/mol. The summed E-state index contributed by atoms with van der Waals surface area (Å²) in [4.78, 5) is 0. The van der Waals surface area contributed by atoms with Gasteiger partial charge in [0.05, 0.1) is 0 Å². The van der Waals surface area contributed by atoms with Crippen molar-refractivity contribution in [3.63, 3.8) is 0 Å². The molecule has 0 aliphatic rings. The van der Waals surface area contributed by atoms with E-state index in [9.17, 15) is 0 Å². The van der Waals surface area contributed by atoms with Crippen molar-refractivity contribution in [2.24, 2.45) is 0 Å². The molecule has 0 amide bonds. The van der Waals surface area contributed by atoms with Crippen molar-refractivity contribution in [3.8, 4) is 0 Å². The Bertz CT molecular complexity index is 155. The molecule has 0 bridgehead atoms. The zero-order valence-electron chi connectivity index (χ0n) is 8.92. The topological polar surface area (TPSA) is 0 Å². The second-order valence-corrected chi connectivity index (χ2v) is 19.4. The zero-order valence-corrected chi connectivity index (χ0v) is 13.9. The van der Waals surface area contributed by atoms with E-state index < -0.39 is 13.4 Å². The lowest BCUT2D eigenvalue weighted by Crippen LogP contribution is -2.40. The largest absolute Gasteiger partial charge is 0.253 e. The molecule has 0 aromatic rings. The van der Waals surface area contributed by atoms with Gasteiger partial charge in [-0.15, -0.1) is 44.3 Å². The highest BCUT2D eigenvalue weighted by Gasteiger charge is 2.48. The fourth-order valence-corrected chi connectivity index (χ4v) is 17.9. The molecule has 6 heteroatoms. The highest BCUT2D eigenvalue weighted by molar-refractivity contribution is 7.57. The van der Waals surface area contributed by atoms with Crippen molar-refractivity contribution in [2.75, 3.05) is 0 Å². The molecular formula is C8H18Cl4Si2. The van der Waals surface area contributed by atoms with Crippen LogP contribution in [-0.4, -0.2) is 13.4 Å². The van der Waals surface area contributed by atoms with Gasteiger partial charge in [0.1, 0.15) is 0 Å². The third-order valence-electron chi connectivity index (χ3n) is 2.43. The molecule has 0 N–H and O–H groups in total. The van der Waals surface area contributed by atoms with Crippen LogP contribution in [0.3, 0.4) is 0 Å². The van der Waals surface area contributed by atoms with Crippen LogP contribution < -0.4 is 0 Å². The number of hydrogen-bond donors (Lipinski definition) is 0. The van der Waals surface area contributed by atoms with Crippen molar-refractivity contribution >= 4 is 57.7 Å². The van der Waals surface area contributed by atoms with Crippen LogP contribution in [-0.2, 0) is 0 Å². The van der Waals surface area contributed by atoms with Gasteiger partial charge >= 0.3 is 0 Å². The third-order valence-corrected chi connectivity index (χ3v) is 18.6. The minimum atomic E-state index is -2.24. The minimum absolute atomic E-state index is 0.140. The van der Waals surface area contributed by atoms with Gasteiger partial charge in [0.25, 0.3) is 13.4 Å². The maximum Gasteiger partial charge on any atom is 0.253 e. The first-order valence-electron chi connectivity index (χ1n) is 5.03. The van der Waals surface area contributed by atoms with E-state index in [1.807, 2.05) is 6.92 Å². The summed E-state index contributed by atoms with van der Waals surface area (Å²) in [7, 11) is 0. The molecule has 0 heterocycles. The van der Waals surface area contributed by atoms with Gasteiger partial charge in [0.15, 0.2) is 0 Å². The van der Waals surface area contributed by atoms with Gasteiger partial charge in [-0.3, -0.25) is 0 Å². The summed E-state index contributed by atoms with van der Waals surface area (Å²) in [5.74, 6) is 0. The Morgan fingerprint density at radius 3 is 1.36 bits per heavy atom. The molecule has 0 aliphatic carbocycles. The lowest BCUT2D eigenvalue weighted by atomic mass is 10.6. The van der Waals surface area contributed by atoms with Crippen LogP contribution in [0, 0.1) is 0 Å². The Labute approximate surface area is 108 Å². The van der Waals surface area contributed by atoms with E-state index in [1.54, 1.807) is 0 Å². The van der Waals surface area contributed by atoms with Gasteiger partial charge in [-0.2, -0.15) is 0 Å². The molecule has 0 atom stereocenters. The summed E-state index contributed by atoms with van der Waals surface area (Å²) in [5.41, 5.74) is 0. The molecule has 0 aromatic heterocycles. The first-order chi connectivity index (χ1) is 6.28. The van der Waals surface area contributed by atoms with Gasteiger partial charge in [0.2, 0.25) is 0 Å². The number of rotatable bonds is 6. The predicted molar refractivity (Wildman–Crippen MR) is 74.5 cm³/mol. The third kappa shape index (κ3) is 4.62. The van der Waals surface area contributed by atoms with E-state index in [2.05, 4.69) is 13.8 Å². The van der Waals surface area contributed by atoms with E-state index >= 15 is 0 Å². The minimum Gasteiger partial charge on any atom is -0.146 e. The van der Waals surface area contributed by atoms with Crippen LogP contribution in [0.4, 0.5) is 0 Å². The smallest absolute Gasteiger partial charge is 0.146 e. The highest BCUT2D eigenvalue weighted by atomic mass is 35.7. The standard InChI is InChI=1S/C8H18Cl4Si2/c1-4-6-13(9,10)8(3)14(11,12)7-5-2/h8H,4-7H2,1-3H3. The summed E-state index contributed by atoms with van der Waals surface area (Å²) in [6.45, 7) is 1.73. The Hall–Kier alpha value is 1.59. The van der Waals surface area contributed by atoms with E-state index in [0.717, 1.165) is 24.9 Å². The van der Waals surface area contributed by atoms with E-state index in [4.69, 9.17) is 44.3 Å². The predicted octanol–water partition coefficient (Wildman–Crippen LogP) is 5.58. The second-order valence-electron chi connectivity index (χ2n) is 3.74. The molecular weight excluding hydrogens is 294 g/mol. The van der Waals surface area contributed by atoms with Gasteiger partial charge in [0, 0.05) is 5.16 Å². The van der Waals surface area contributed by atoms with Crippen molar-refractivity contribution in [3.05, 3.63) is 0 Å². The molecule has 0 radical (unpaired) electrons. The molecule has 0 aromatic carbocycles. The van der Waals surface area contributed by atoms with E-state index in [1.165, 1.54) is 0 Å². The molecule has 0 saturated carbocycles. The van der Waals surface area contributed by atoms with Crippen molar-refractivity contribution in [1.82, 2.24) is 0 Å². The Morgan fingerprint density at radius 1 is 0.857 bits per heavy atom. The number of halogens is 4. The fraction of sp³-hybridized carbons (Fsp3) is 1.00. The van der Waals surface area contributed by atoms with Crippen molar-refractivity contribution in [1.29, 1.82) is 0 Å². The SMILES string of the molecule is CCC[Si](Cl)(Cl)C(C)[Si](Cl)(Cl)CCC. The maximum absolute atomic E-state index is 6.38. The lowest BCUT2D eigenvalue weighted by molar-refractivity contribution is 1.02. The molecule has 0 spiro atoms. The molecule has 0 nitrogen and oxygen atoms in total. The molecule has 0 saturated heterocycles. The highest BCUT2D eigenvalue weighted by Crippen LogP contribution is 2.46. The van der Waals surface area contributed by atoms with Gasteiger partial charge in [-0.1, -0.05) is 33.6 Å². The summed E-state index contributed by atoms with van der Waals surface area (Å²) in [5, 5.41) is 0.140. The average Bonchev–Trinajstić information content (AvgIpc) is 2.02. The van der Waals surface area contributed by atoms with E-state index in [0.29, 0.717) is 0 Å². The molecule has 0 unspecified atom stereocenters. The molecule has 14 heavy (non-hydrogen) atoms. The molecule has 0 fully saturated rings. The van der Waals surface area contributed by atoms with Gasteiger partial charge in [-0.05, 0) is 12.1 Å². The normalized spacial score (nSPS) is 13.7. The summed E-state index contributed by atoms with van der Waals surface area (Å²) < 4.78 is 0. The first kappa shape index (κ1) is 15.6. The van der Waals surface area contributed by atoms with Crippen LogP contribution in [0.5, 0.6) is 0 Å². The maximum atomic E-state index is 6.38. The quantitative estimate of drug-likeness (QED) is 0.444. The van der Waals surface area contributed by atoms with Gasteiger partial charge < -0.3 is 0 Å².